The van der Waals surface area contributed by atoms with E-state index in [2.05, 4.69) is 10.2 Å². The molecule has 1 atom stereocenters. The van der Waals surface area contributed by atoms with Gasteiger partial charge >= 0.3 is 0 Å². The lowest BCUT2D eigenvalue weighted by molar-refractivity contribution is -0.164. The number of hydrogen-bond acceptors (Lipinski definition) is 5. The summed E-state index contributed by atoms with van der Waals surface area (Å²) in [6.45, 7) is 3.30. The Morgan fingerprint density at radius 3 is 2.85 bits per heavy atom. The third-order valence-corrected chi connectivity index (χ3v) is 4.31. The molecule has 1 aromatic carbocycles. The van der Waals surface area contributed by atoms with Gasteiger partial charge in [-0.25, -0.2) is 13.5 Å². The van der Waals surface area contributed by atoms with Gasteiger partial charge in [0, 0.05) is 18.3 Å². The Balaban J connectivity index is 1.73. The van der Waals surface area contributed by atoms with E-state index in [9.17, 15) is 18.7 Å². The Morgan fingerprint density at radius 1 is 1.41 bits per heavy atom. The van der Waals surface area contributed by atoms with Crippen molar-refractivity contribution in [1.29, 1.82) is 0 Å². The minimum Gasteiger partial charge on any atom is -0.470 e. The molecule has 0 bridgehead atoms. The maximum atomic E-state index is 13.2. The van der Waals surface area contributed by atoms with Gasteiger partial charge in [-0.05, 0) is 37.6 Å². The quantitative estimate of drug-likeness (QED) is 0.839. The molecule has 1 aliphatic rings. The number of aryl methyl sites for hydroxylation is 1. The number of aliphatic hydroxyl groups is 1. The second kappa shape index (κ2) is 7.24. The molecule has 1 amide bonds. The van der Waals surface area contributed by atoms with E-state index in [1.165, 1.54) is 23.9 Å². The lowest BCUT2D eigenvalue weighted by atomic mass is 10.1. The van der Waals surface area contributed by atoms with Gasteiger partial charge in [0.25, 0.3) is 12.3 Å². The maximum Gasteiger partial charge on any atom is 0.297 e. The molecule has 0 saturated heterocycles. The van der Waals surface area contributed by atoms with Crippen molar-refractivity contribution in [2.75, 3.05) is 0 Å². The molecule has 0 unspecified atom stereocenters. The second-order valence-corrected chi connectivity index (χ2v) is 6.66. The summed E-state index contributed by atoms with van der Waals surface area (Å²) >= 11 is 6.05. The zero-order valence-electron chi connectivity index (χ0n) is 14.6. The molecule has 1 aliphatic heterocycles. The summed E-state index contributed by atoms with van der Waals surface area (Å²) in [5.74, 6) is -0.478. The smallest absolute Gasteiger partial charge is 0.297 e. The number of hydrazone groups is 1. The fourth-order valence-electron chi connectivity index (χ4n) is 2.65. The van der Waals surface area contributed by atoms with Crippen LogP contribution in [0.4, 0.5) is 8.78 Å². The van der Waals surface area contributed by atoms with Crippen molar-refractivity contribution >= 4 is 23.2 Å². The molecular formula is C17H17ClF2N4O3. The van der Waals surface area contributed by atoms with Crippen molar-refractivity contribution in [3.63, 3.8) is 0 Å². The molecule has 0 spiro atoms. The molecule has 7 nitrogen and oxygen atoms in total. The van der Waals surface area contributed by atoms with Gasteiger partial charge in [0.05, 0.1) is 5.02 Å². The zero-order chi connectivity index (χ0) is 19.8. The van der Waals surface area contributed by atoms with Crippen LogP contribution in [0, 0.1) is 6.92 Å². The van der Waals surface area contributed by atoms with Crippen LogP contribution in [0.5, 0.6) is 5.75 Å². The molecule has 27 heavy (non-hydrogen) atoms. The van der Waals surface area contributed by atoms with Gasteiger partial charge in [0.1, 0.15) is 5.75 Å². The number of halogens is 3. The number of nitrogens with zero attached hydrogens (tertiary/aromatic N) is 4. The second-order valence-electron chi connectivity index (χ2n) is 6.26. The van der Waals surface area contributed by atoms with E-state index in [0.29, 0.717) is 15.8 Å². The molecule has 0 aliphatic carbocycles. The summed E-state index contributed by atoms with van der Waals surface area (Å²) in [5, 5.41) is 18.7. The maximum absolute atomic E-state index is 13.2. The number of benzene rings is 1. The zero-order valence-corrected chi connectivity index (χ0v) is 15.3. The molecule has 1 aromatic heterocycles. The fraction of sp³-hybridized carbons (Fsp3) is 0.353. The Morgan fingerprint density at radius 2 is 2.15 bits per heavy atom. The van der Waals surface area contributed by atoms with Gasteiger partial charge in [-0.2, -0.15) is 15.2 Å². The predicted molar refractivity (Wildman–Crippen MR) is 93.9 cm³/mol. The number of amides is 1. The molecule has 2 aromatic rings. The summed E-state index contributed by atoms with van der Waals surface area (Å²) in [6, 6.07) is 6.62. The monoisotopic (exact) mass is 398 g/mol. The normalized spacial score (nSPS) is 19.5. The molecule has 144 valence electrons. The molecule has 2 heterocycles. The molecule has 1 N–H and O–H groups in total. The summed E-state index contributed by atoms with van der Waals surface area (Å²) in [7, 11) is 0. The van der Waals surface area contributed by atoms with Crippen LogP contribution in [-0.4, -0.2) is 43.7 Å². The van der Waals surface area contributed by atoms with Crippen LogP contribution < -0.4 is 4.74 Å². The highest BCUT2D eigenvalue weighted by Crippen LogP contribution is 2.32. The standard InChI is InChI=1S/C17H17ClF2N4O3/c1-10-3-4-12(18)14(7-10)27-9-23-6-5-13(22-23)15(25)24-17(26,16(19)20)8-11(2)21-24/h3-7,16,26H,8-9H2,1-2H3/t17-/m1/s1. The number of rotatable bonds is 5. The third-order valence-electron chi connectivity index (χ3n) is 3.99. The highest BCUT2D eigenvalue weighted by molar-refractivity contribution is 6.32. The van der Waals surface area contributed by atoms with Crippen LogP contribution in [0.15, 0.2) is 35.6 Å². The Labute approximate surface area is 158 Å². The van der Waals surface area contributed by atoms with Crippen molar-refractivity contribution in [1.82, 2.24) is 14.8 Å². The fourth-order valence-corrected chi connectivity index (χ4v) is 2.82. The number of hydrogen-bond donors (Lipinski definition) is 1. The minimum atomic E-state index is -3.17. The lowest BCUT2D eigenvalue weighted by Crippen LogP contribution is -2.51. The largest absolute Gasteiger partial charge is 0.470 e. The first-order valence-corrected chi connectivity index (χ1v) is 8.40. The first kappa shape index (κ1) is 19.2. The van der Waals surface area contributed by atoms with E-state index in [1.807, 2.05) is 13.0 Å². The van der Waals surface area contributed by atoms with Crippen LogP contribution in [-0.2, 0) is 6.73 Å². The first-order valence-electron chi connectivity index (χ1n) is 8.02. The SMILES string of the molecule is CC1=NN(C(=O)c2ccn(COc3cc(C)ccc3Cl)n2)[C@](O)(C(F)F)C1. The predicted octanol–water partition coefficient (Wildman–Crippen LogP) is 3.06. The van der Waals surface area contributed by atoms with Gasteiger partial charge in [0.2, 0.25) is 5.72 Å². The van der Waals surface area contributed by atoms with Crippen LogP contribution >= 0.6 is 11.6 Å². The van der Waals surface area contributed by atoms with Gasteiger partial charge in [0.15, 0.2) is 12.4 Å². The molecule has 3 rings (SSSR count). The summed E-state index contributed by atoms with van der Waals surface area (Å²) in [4.78, 5) is 12.5. The number of carbonyl (C=O) groups excluding carboxylic acids is 1. The summed E-state index contributed by atoms with van der Waals surface area (Å²) in [6.07, 6.45) is -2.14. The van der Waals surface area contributed by atoms with Gasteiger partial charge in [-0.1, -0.05) is 17.7 Å². The van der Waals surface area contributed by atoms with Gasteiger partial charge in [-0.3, -0.25) is 4.79 Å². The van der Waals surface area contributed by atoms with Crippen molar-refractivity contribution in [3.8, 4) is 5.75 Å². The first-order chi connectivity index (χ1) is 12.7. The van der Waals surface area contributed by atoms with Crippen molar-refractivity contribution < 1.29 is 23.4 Å². The average Bonchev–Trinajstić information content (AvgIpc) is 3.20. The summed E-state index contributed by atoms with van der Waals surface area (Å²) < 4.78 is 33.3. The summed E-state index contributed by atoms with van der Waals surface area (Å²) in [5.41, 5.74) is -1.63. The topological polar surface area (TPSA) is 80.0 Å². The van der Waals surface area contributed by atoms with Crippen LogP contribution in [0.1, 0.15) is 29.4 Å². The molecule has 0 saturated carbocycles. The van der Waals surface area contributed by atoms with Crippen molar-refractivity contribution in [3.05, 3.63) is 46.7 Å². The Kier molecular flexibility index (Phi) is 5.16. The Bertz CT molecular complexity index is 902. The molecule has 0 fully saturated rings. The van der Waals surface area contributed by atoms with E-state index in [1.54, 1.807) is 12.1 Å². The molecule has 0 radical (unpaired) electrons. The number of alkyl halides is 2. The van der Waals surface area contributed by atoms with E-state index < -0.39 is 24.5 Å². The average molecular weight is 399 g/mol. The molecule has 10 heteroatoms. The lowest BCUT2D eigenvalue weighted by Gasteiger charge is -2.29. The molecular weight excluding hydrogens is 382 g/mol. The minimum absolute atomic E-state index is 0.0438. The van der Waals surface area contributed by atoms with E-state index in [-0.39, 0.29) is 18.1 Å². The highest BCUT2D eigenvalue weighted by atomic mass is 35.5. The van der Waals surface area contributed by atoms with Crippen LogP contribution in [0.3, 0.4) is 0 Å². The van der Waals surface area contributed by atoms with E-state index in [4.69, 9.17) is 16.3 Å². The van der Waals surface area contributed by atoms with Crippen molar-refractivity contribution in [2.45, 2.75) is 39.1 Å². The number of ether oxygens (including phenoxy) is 1. The van der Waals surface area contributed by atoms with E-state index >= 15 is 0 Å². The van der Waals surface area contributed by atoms with Crippen molar-refractivity contribution in [2.24, 2.45) is 5.10 Å². The highest BCUT2D eigenvalue weighted by Gasteiger charge is 2.51. The van der Waals surface area contributed by atoms with Crippen LogP contribution in [0.2, 0.25) is 5.02 Å². The Hall–Kier alpha value is -2.52. The third kappa shape index (κ3) is 3.79. The van der Waals surface area contributed by atoms with E-state index in [0.717, 1.165) is 5.56 Å². The van der Waals surface area contributed by atoms with Crippen LogP contribution in [0.25, 0.3) is 0 Å². The van der Waals surface area contributed by atoms with Gasteiger partial charge in [-0.15, -0.1) is 0 Å². The number of aromatic nitrogens is 2. The van der Waals surface area contributed by atoms with Gasteiger partial charge < -0.3 is 9.84 Å². The number of carbonyl (C=O) groups is 1.